The fourth-order valence-electron chi connectivity index (χ4n) is 3.60. The largest absolute Gasteiger partial charge is 0.493 e. The minimum absolute atomic E-state index is 0.328. The Bertz CT molecular complexity index is 1120. The molecule has 1 N–H and O–H groups in total. The molecule has 10 heteroatoms. The van der Waals surface area contributed by atoms with Crippen LogP contribution < -0.4 is 19.7 Å². The Morgan fingerprint density at radius 1 is 1.16 bits per heavy atom. The van der Waals surface area contributed by atoms with Gasteiger partial charge in [-0.3, -0.25) is 9.48 Å². The molecule has 1 atom stereocenters. The Kier molecular flexibility index (Phi) is 5.37. The molecule has 1 aliphatic heterocycles. The fourth-order valence-corrected chi connectivity index (χ4v) is 3.60. The van der Waals surface area contributed by atoms with Crippen molar-refractivity contribution in [2.75, 3.05) is 19.1 Å². The summed E-state index contributed by atoms with van der Waals surface area (Å²) >= 11 is 0. The monoisotopic (exact) mass is 425 g/mol. The molecule has 10 nitrogen and oxygen atoms in total. The first kappa shape index (κ1) is 20.5. The number of imide groups is 1. The van der Waals surface area contributed by atoms with Crippen LogP contribution in [0.5, 0.6) is 11.5 Å². The van der Waals surface area contributed by atoms with Crippen molar-refractivity contribution in [3.05, 3.63) is 53.2 Å². The highest BCUT2D eigenvalue weighted by Gasteiger charge is 2.39. The summed E-state index contributed by atoms with van der Waals surface area (Å²) in [6.07, 6.45) is 3.48. The summed E-state index contributed by atoms with van der Waals surface area (Å²) in [6.45, 7) is 4.11. The van der Waals surface area contributed by atoms with Gasteiger partial charge in [0.15, 0.2) is 11.5 Å². The average Bonchev–Trinajstić information content (AvgIpc) is 3.42. The topological polar surface area (TPSA) is 112 Å². The molecule has 162 valence electrons. The van der Waals surface area contributed by atoms with Crippen LogP contribution in [0.15, 0.2) is 35.1 Å². The van der Waals surface area contributed by atoms with Crippen molar-refractivity contribution in [2.24, 2.45) is 0 Å². The maximum absolute atomic E-state index is 13.0. The van der Waals surface area contributed by atoms with E-state index in [0.29, 0.717) is 35.9 Å². The molecular weight excluding hydrogens is 402 g/mol. The predicted octanol–water partition coefficient (Wildman–Crippen LogP) is 2.22. The third-order valence-electron chi connectivity index (χ3n) is 5.29. The Hall–Kier alpha value is -3.82. The third kappa shape index (κ3) is 3.83. The molecule has 2 aromatic heterocycles. The van der Waals surface area contributed by atoms with Crippen LogP contribution in [0.2, 0.25) is 0 Å². The minimum Gasteiger partial charge on any atom is -0.493 e. The zero-order valence-electron chi connectivity index (χ0n) is 17.7. The van der Waals surface area contributed by atoms with Gasteiger partial charge in [0, 0.05) is 18.2 Å². The van der Waals surface area contributed by atoms with Crippen molar-refractivity contribution < 1.29 is 23.6 Å². The van der Waals surface area contributed by atoms with Gasteiger partial charge >= 0.3 is 6.03 Å². The molecule has 3 aromatic rings. The average molecular weight is 425 g/mol. The molecule has 3 amide bonds. The standard InChI is InChI=1S/C21H23N5O5/c1-12-16(13(2)31-24-12)11-25-10-15(9-22-25)26-20(27)17(23-21(26)28)7-14-5-6-18(29-3)19(8-14)30-4/h5-6,8-10,17H,7,11H2,1-4H3,(H,23,28). The molecule has 0 radical (unpaired) electrons. The summed E-state index contributed by atoms with van der Waals surface area (Å²) in [5.41, 5.74) is 2.94. The van der Waals surface area contributed by atoms with E-state index >= 15 is 0 Å². The number of carbonyl (C=O) groups excluding carboxylic acids is 2. The molecule has 4 rings (SSSR count). The molecule has 0 aliphatic carbocycles. The van der Waals surface area contributed by atoms with Crippen molar-refractivity contribution in [1.82, 2.24) is 20.3 Å². The van der Waals surface area contributed by atoms with Gasteiger partial charge in [-0.25, -0.2) is 9.69 Å². The van der Waals surface area contributed by atoms with Crippen molar-refractivity contribution in [1.29, 1.82) is 0 Å². The first-order chi connectivity index (χ1) is 14.9. The van der Waals surface area contributed by atoms with Crippen LogP contribution in [0.25, 0.3) is 0 Å². The van der Waals surface area contributed by atoms with Crippen molar-refractivity contribution in [3.63, 3.8) is 0 Å². The summed E-state index contributed by atoms with van der Waals surface area (Å²) < 4.78 is 17.4. The highest BCUT2D eigenvalue weighted by Crippen LogP contribution is 2.29. The number of rotatable bonds is 7. The number of nitrogens with zero attached hydrogens (tertiary/aromatic N) is 4. The number of benzene rings is 1. The Labute approximate surface area is 178 Å². The van der Waals surface area contributed by atoms with Crippen LogP contribution in [-0.2, 0) is 17.8 Å². The number of anilines is 1. The van der Waals surface area contributed by atoms with Gasteiger partial charge in [0.2, 0.25) is 0 Å². The molecule has 1 aliphatic rings. The van der Waals surface area contributed by atoms with Crippen LogP contribution in [0.4, 0.5) is 10.5 Å². The molecule has 3 heterocycles. The number of carbonyl (C=O) groups is 2. The number of ether oxygens (including phenoxy) is 2. The lowest BCUT2D eigenvalue weighted by atomic mass is 10.1. The van der Waals surface area contributed by atoms with E-state index in [2.05, 4.69) is 15.6 Å². The summed E-state index contributed by atoms with van der Waals surface area (Å²) in [7, 11) is 3.11. The van der Waals surface area contributed by atoms with Gasteiger partial charge in [-0.2, -0.15) is 5.10 Å². The molecule has 31 heavy (non-hydrogen) atoms. The van der Waals surface area contributed by atoms with Gasteiger partial charge in [-0.05, 0) is 31.5 Å². The maximum atomic E-state index is 13.0. The SMILES string of the molecule is COc1ccc(CC2NC(=O)N(c3cnn(Cc4c(C)noc4C)c3)C2=O)cc1OC. The lowest BCUT2D eigenvalue weighted by Crippen LogP contribution is -2.32. The normalized spacial score (nSPS) is 16.0. The first-order valence-corrected chi connectivity index (χ1v) is 9.70. The fraction of sp³-hybridized carbons (Fsp3) is 0.333. The Morgan fingerprint density at radius 2 is 1.94 bits per heavy atom. The van der Waals surface area contributed by atoms with E-state index < -0.39 is 12.1 Å². The number of hydrogen-bond acceptors (Lipinski definition) is 7. The van der Waals surface area contributed by atoms with Crippen LogP contribution >= 0.6 is 0 Å². The molecule has 0 saturated carbocycles. The summed E-state index contributed by atoms with van der Waals surface area (Å²) in [5, 5.41) is 11.0. The maximum Gasteiger partial charge on any atom is 0.329 e. The van der Waals surface area contributed by atoms with Crippen LogP contribution in [0.3, 0.4) is 0 Å². The summed E-state index contributed by atoms with van der Waals surface area (Å²) in [6, 6.07) is 4.24. The minimum atomic E-state index is -0.684. The second-order valence-electron chi connectivity index (χ2n) is 7.27. The highest BCUT2D eigenvalue weighted by atomic mass is 16.5. The first-order valence-electron chi connectivity index (χ1n) is 9.70. The number of aryl methyl sites for hydroxylation is 2. The number of aromatic nitrogens is 3. The molecule has 1 fully saturated rings. The van der Waals surface area contributed by atoms with E-state index in [1.807, 2.05) is 19.9 Å². The quantitative estimate of drug-likeness (QED) is 0.578. The van der Waals surface area contributed by atoms with Crippen molar-refractivity contribution in [3.8, 4) is 11.5 Å². The van der Waals surface area contributed by atoms with Crippen molar-refractivity contribution >= 4 is 17.6 Å². The number of urea groups is 1. The summed E-state index contributed by atoms with van der Waals surface area (Å²) in [5.74, 6) is 1.53. The van der Waals surface area contributed by atoms with Crippen LogP contribution in [0, 0.1) is 13.8 Å². The van der Waals surface area contributed by atoms with Gasteiger partial charge in [-0.1, -0.05) is 11.2 Å². The van der Waals surface area contributed by atoms with E-state index in [1.165, 1.54) is 6.20 Å². The smallest absolute Gasteiger partial charge is 0.329 e. The Balaban J connectivity index is 1.49. The number of nitrogens with one attached hydrogen (secondary N) is 1. The van der Waals surface area contributed by atoms with Crippen LogP contribution in [0.1, 0.15) is 22.6 Å². The molecule has 1 unspecified atom stereocenters. The van der Waals surface area contributed by atoms with E-state index in [4.69, 9.17) is 14.0 Å². The molecule has 1 saturated heterocycles. The van der Waals surface area contributed by atoms with Gasteiger partial charge in [0.05, 0.1) is 38.3 Å². The third-order valence-corrected chi connectivity index (χ3v) is 5.29. The second-order valence-corrected chi connectivity index (χ2v) is 7.27. The second kappa shape index (κ2) is 8.13. The summed E-state index contributed by atoms with van der Waals surface area (Å²) in [4.78, 5) is 26.6. The van der Waals surface area contributed by atoms with Crippen LogP contribution in [-0.4, -0.2) is 47.1 Å². The van der Waals surface area contributed by atoms with E-state index in [1.54, 1.807) is 37.2 Å². The highest BCUT2D eigenvalue weighted by molar-refractivity contribution is 6.21. The molecule has 0 spiro atoms. The zero-order chi connectivity index (χ0) is 22.1. The van der Waals surface area contributed by atoms with Gasteiger partial charge < -0.3 is 19.3 Å². The number of methoxy groups -OCH3 is 2. The number of hydrogen-bond donors (Lipinski definition) is 1. The van der Waals surface area contributed by atoms with Crippen molar-refractivity contribution in [2.45, 2.75) is 32.9 Å². The van der Waals surface area contributed by atoms with Gasteiger partial charge in [0.25, 0.3) is 5.91 Å². The van der Waals surface area contributed by atoms with E-state index in [0.717, 1.165) is 21.7 Å². The molecular formula is C21H23N5O5. The number of amides is 3. The molecule has 0 bridgehead atoms. The van der Waals surface area contributed by atoms with E-state index in [-0.39, 0.29) is 5.91 Å². The Morgan fingerprint density at radius 3 is 2.61 bits per heavy atom. The van der Waals surface area contributed by atoms with Gasteiger partial charge in [-0.15, -0.1) is 0 Å². The predicted molar refractivity (Wildman–Crippen MR) is 110 cm³/mol. The lowest BCUT2D eigenvalue weighted by molar-refractivity contribution is -0.118. The van der Waals surface area contributed by atoms with Gasteiger partial charge in [0.1, 0.15) is 11.8 Å². The molecule has 1 aromatic carbocycles. The van der Waals surface area contributed by atoms with E-state index in [9.17, 15) is 9.59 Å². The lowest BCUT2D eigenvalue weighted by Gasteiger charge is -2.12. The zero-order valence-corrected chi connectivity index (χ0v) is 17.7.